The largest absolute Gasteiger partial charge is 0.498 e. The smallest absolute Gasteiger partial charge is 0.148 e. The molecule has 4 nitrogen and oxygen atoms in total. The molecule has 0 fully saturated rings. The number of hydrogen-bond donors (Lipinski definition) is 0. The fourth-order valence-corrected chi connectivity index (χ4v) is 6.53. The average Bonchev–Trinajstić information content (AvgIpc) is 3.75. The SMILES string of the molecule is Cc1cnc(-c2[c-]ccc3c2oc2c3ccc3sc(C(C)(C)C)nc32)cc1C.[2H]C([2H])([2H])c1c[c-]c(-c2cc(-c3ccccc3)c(C([2H])([2H])[2H])cn2)cc1.[Ir]. The molecular formula is C43H37IrN3OS-2. The van der Waals surface area contributed by atoms with E-state index in [2.05, 4.69) is 81.0 Å². The van der Waals surface area contributed by atoms with E-state index >= 15 is 0 Å². The van der Waals surface area contributed by atoms with Crippen molar-refractivity contribution in [2.45, 2.75) is 53.7 Å². The summed E-state index contributed by atoms with van der Waals surface area (Å²) in [5, 5.41) is 3.29. The molecule has 4 aromatic heterocycles. The number of fused-ring (bicyclic) bond motifs is 5. The third-order valence-electron chi connectivity index (χ3n) is 8.31. The van der Waals surface area contributed by atoms with E-state index < -0.39 is 13.7 Å². The van der Waals surface area contributed by atoms with Crippen LogP contribution in [0.25, 0.3) is 65.8 Å². The van der Waals surface area contributed by atoms with E-state index in [0.29, 0.717) is 16.8 Å². The van der Waals surface area contributed by atoms with Gasteiger partial charge in [-0.1, -0.05) is 92.7 Å². The predicted molar refractivity (Wildman–Crippen MR) is 201 cm³/mol. The van der Waals surface area contributed by atoms with Gasteiger partial charge in [0.05, 0.1) is 15.3 Å². The Balaban J connectivity index is 0.000000184. The number of hydrogen-bond acceptors (Lipinski definition) is 5. The first kappa shape index (κ1) is 27.4. The van der Waals surface area contributed by atoms with Crippen LogP contribution in [0.4, 0.5) is 0 Å². The summed E-state index contributed by atoms with van der Waals surface area (Å²) in [6.07, 6.45) is 3.27. The first-order valence-corrected chi connectivity index (χ1v) is 16.5. The summed E-state index contributed by atoms with van der Waals surface area (Å²) in [6.45, 7) is 6.28. The van der Waals surface area contributed by atoms with E-state index in [-0.39, 0.29) is 36.6 Å². The Morgan fingerprint density at radius 2 is 1.55 bits per heavy atom. The zero-order valence-corrected chi connectivity index (χ0v) is 30.9. The number of benzene rings is 4. The number of aryl methyl sites for hydroxylation is 4. The second kappa shape index (κ2) is 13.8. The van der Waals surface area contributed by atoms with Crippen molar-refractivity contribution in [2.24, 2.45) is 0 Å². The van der Waals surface area contributed by atoms with Crippen molar-refractivity contribution in [2.75, 3.05) is 0 Å². The molecule has 0 aliphatic carbocycles. The minimum atomic E-state index is -2.29. The van der Waals surface area contributed by atoms with E-state index in [1.807, 2.05) is 42.6 Å². The van der Waals surface area contributed by atoms with Crippen molar-refractivity contribution in [1.29, 1.82) is 0 Å². The average molecular weight is 842 g/mol. The van der Waals surface area contributed by atoms with Crippen LogP contribution in [0, 0.1) is 39.7 Å². The van der Waals surface area contributed by atoms with E-state index in [1.54, 1.807) is 23.5 Å². The fourth-order valence-electron chi connectivity index (χ4n) is 5.51. The van der Waals surface area contributed by atoms with Crippen LogP contribution >= 0.6 is 11.3 Å². The number of pyridine rings is 2. The predicted octanol–water partition coefficient (Wildman–Crippen LogP) is 11.8. The van der Waals surface area contributed by atoms with Gasteiger partial charge in [-0.2, -0.15) is 0 Å². The Hall–Kier alpha value is -4.48. The van der Waals surface area contributed by atoms with Gasteiger partial charge >= 0.3 is 0 Å². The Morgan fingerprint density at radius 1 is 0.776 bits per heavy atom. The maximum atomic E-state index is 7.76. The van der Waals surface area contributed by atoms with E-state index in [4.69, 9.17) is 17.6 Å². The Morgan fingerprint density at radius 3 is 2.27 bits per heavy atom. The summed E-state index contributed by atoms with van der Waals surface area (Å²) in [6, 6.07) is 32.2. The van der Waals surface area contributed by atoms with E-state index in [1.165, 1.54) is 29.5 Å². The molecule has 0 atom stereocenters. The summed E-state index contributed by atoms with van der Waals surface area (Å²) < 4.78 is 53.1. The molecule has 0 unspecified atom stereocenters. The summed E-state index contributed by atoms with van der Waals surface area (Å²) in [4.78, 5) is 13.8. The molecule has 6 heteroatoms. The monoisotopic (exact) mass is 842 g/mol. The van der Waals surface area contributed by atoms with Gasteiger partial charge in [-0.25, -0.2) is 4.98 Å². The standard InChI is InChI=1S/C24H21N2OS.C19H16N.Ir/c1-13-11-18(25-12-14(13)2)17-8-6-7-15-16-9-10-19-20(22(16)27-21(15)17)26-23(28-19)24(3,4)5;1-14-8-10-17(11-9-14)19-12-18(15(2)13-20-19)16-6-4-3-5-7-16;/h6-7,9-12H,1-5H3;3-10,12-13H,1-2H3;/q2*-1;/i;1D3,2D3;. The summed E-state index contributed by atoms with van der Waals surface area (Å²) >= 11 is 1.74. The zero-order valence-electron chi connectivity index (χ0n) is 33.7. The van der Waals surface area contributed by atoms with Crippen LogP contribution in [-0.4, -0.2) is 15.0 Å². The second-order valence-electron chi connectivity index (χ2n) is 12.9. The van der Waals surface area contributed by atoms with Crippen LogP contribution in [0.15, 0.2) is 102 Å². The molecule has 0 aliphatic rings. The summed E-state index contributed by atoms with van der Waals surface area (Å²) in [5.41, 5.74) is 9.68. The van der Waals surface area contributed by atoms with Gasteiger partial charge in [0.1, 0.15) is 11.1 Å². The van der Waals surface area contributed by atoms with Gasteiger partial charge in [0, 0.05) is 51.5 Å². The zero-order chi connectivity index (χ0) is 38.6. The minimum absolute atomic E-state index is 0. The number of thiazole rings is 1. The maximum Gasteiger partial charge on any atom is 0.148 e. The van der Waals surface area contributed by atoms with Crippen molar-refractivity contribution in [3.8, 4) is 33.6 Å². The number of aromatic nitrogens is 3. The van der Waals surface area contributed by atoms with Crippen molar-refractivity contribution in [3.63, 3.8) is 0 Å². The third-order valence-corrected chi connectivity index (χ3v) is 9.75. The normalized spacial score (nSPS) is 13.7. The molecule has 0 spiro atoms. The number of nitrogens with zero attached hydrogens (tertiary/aromatic N) is 3. The Kier molecular flexibility index (Phi) is 7.70. The van der Waals surface area contributed by atoms with Gasteiger partial charge in [0.2, 0.25) is 0 Å². The second-order valence-corrected chi connectivity index (χ2v) is 13.9. The van der Waals surface area contributed by atoms with E-state index in [0.717, 1.165) is 54.0 Å². The van der Waals surface area contributed by atoms with Crippen molar-refractivity contribution in [1.82, 2.24) is 15.0 Å². The van der Waals surface area contributed by atoms with Gasteiger partial charge in [-0.15, -0.1) is 64.9 Å². The summed E-state index contributed by atoms with van der Waals surface area (Å²) in [5.74, 6) is 0. The molecule has 49 heavy (non-hydrogen) atoms. The summed E-state index contributed by atoms with van der Waals surface area (Å²) in [7, 11) is 0. The first-order chi connectivity index (χ1) is 25.5. The van der Waals surface area contributed by atoms with Gasteiger partial charge in [-0.05, 0) is 60.4 Å². The molecule has 0 saturated carbocycles. The van der Waals surface area contributed by atoms with Crippen LogP contribution < -0.4 is 0 Å². The molecule has 4 aromatic carbocycles. The Labute approximate surface area is 314 Å². The Bertz CT molecular complexity index is 2640. The molecule has 0 bridgehead atoms. The number of rotatable bonds is 3. The molecule has 0 N–H and O–H groups in total. The molecule has 0 saturated heterocycles. The number of furan rings is 1. The topological polar surface area (TPSA) is 51.8 Å². The molecule has 247 valence electrons. The molecule has 0 amide bonds. The molecule has 0 aliphatic heterocycles. The third kappa shape index (κ3) is 6.87. The van der Waals surface area contributed by atoms with Crippen molar-refractivity contribution in [3.05, 3.63) is 137 Å². The van der Waals surface area contributed by atoms with Gasteiger partial charge < -0.3 is 14.4 Å². The van der Waals surface area contributed by atoms with Crippen LogP contribution in [0.1, 0.15) is 56.3 Å². The molecular weight excluding hydrogens is 799 g/mol. The molecule has 8 aromatic rings. The van der Waals surface area contributed by atoms with Crippen LogP contribution in [0.2, 0.25) is 0 Å². The minimum Gasteiger partial charge on any atom is -0.498 e. The molecule has 8 rings (SSSR count). The van der Waals surface area contributed by atoms with Gasteiger partial charge in [0.15, 0.2) is 0 Å². The van der Waals surface area contributed by atoms with Crippen molar-refractivity contribution < 1.29 is 32.7 Å². The van der Waals surface area contributed by atoms with Crippen molar-refractivity contribution >= 4 is 43.5 Å². The van der Waals surface area contributed by atoms with Gasteiger partial charge in [0.25, 0.3) is 0 Å². The van der Waals surface area contributed by atoms with Gasteiger partial charge in [-0.3, -0.25) is 0 Å². The molecule has 1 radical (unpaired) electrons. The molecule has 4 heterocycles. The van der Waals surface area contributed by atoms with Crippen LogP contribution in [-0.2, 0) is 25.5 Å². The first-order valence-electron chi connectivity index (χ1n) is 18.7. The van der Waals surface area contributed by atoms with Crippen LogP contribution in [0.3, 0.4) is 0 Å². The fraction of sp³-hybridized carbons (Fsp3) is 0.186. The maximum absolute atomic E-state index is 7.76. The quantitative estimate of drug-likeness (QED) is 0.166. The van der Waals surface area contributed by atoms with E-state index in [9.17, 15) is 0 Å². The van der Waals surface area contributed by atoms with Crippen LogP contribution in [0.5, 0.6) is 0 Å².